The van der Waals surface area contributed by atoms with E-state index in [1.807, 2.05) is 27.0 Å². The maximum Gasteiger partial charge on any atom is 0.242 e. The molecule has 1 amide bonds. The van der Waals surface area contributed by atoms with Crippen molar-refractivity contribution in [3.05, 3.63) is 12.7 Å². The van der Waals surface area contributed by atoms with Crippen LogP contribution in [0.2, 0.25) is 0 Å². The second-order valence-electron chi connectivity index (χ2n) is 4.02. The molecular weight excluding hydrogens is 164 g/mol. The topological polar surface area (TPSA) is 23.6 Å². The normalized spacial score (nSPS) is 23.3. The number of amides is 1. The Hall–Kier alpha value is -0.830. The summed E-state index contributed by atoms with van der Waals surface area (Å²) in [4.78, 5) is 15.7. The van der Waals surface area contributed by atoms with Gasteiger partial charge in [-0.05, 0) is 13.8 Å². The zero-order chi connectivity index (χ0) is 10.1. The number of nitrogens with zero attached hydrogens (tertiary/aromatic N) is 2. The molecular formula is C10H18N2O. The van der Waals surface area contributed by atoms with E-state index in [0.29, 0.717) is 0 Å². The molecule has 0 saturated carbocycles. The second-order valence-corrected chi connectivity index (χ2v) is 4.02. The molecule has 1 saturated heterocycles. The summed E-state index contributed by atoms with van der Waals surface area (Å²) in [7, 11) is 1.86. The summed E-state index contributed by atoms with van der Waals surface area (Å²) in [6.45, 7) is 10.2. The summed E-state index contributed by atoms with van der Waals surface area (Å²) < 4.78 is 0. The standard InChI is InChI=1S/C10H18N2O/c1-5-6-12-8-7-11(4)9(13)10(12,2)3/h5H,1,6-8H2,2-4H3. The van der Waals surface area contributed by atoms with E-state index in [9.17, 15) is 4.79 Å². The number of hydrogen-bond acceptors (Lipinski definition) is 2. The third-order valence-corrected chi connectivity index (χ3v) is 2.72. The maximum atomic E-state index is 11.8. The second kappa shape index (κ2) is 3.50. The number of piperazine rings is 1. The van der Waals surface area contributed by atoms with Crippen LogP contribution in [0.4, 0.5) is 0 Å². The highest BCUT2D eigenvalue weighted by molar-refractivity contribution is 5.86. The van der Waals surface area contributed by atoms with Gasteiger partial charge in [-0.25, -0.2) is 0 Å². The molecule has 0 aromatic carbocycles. The van der Waals surface area contributed by atoms with Gasteiger partial charge in [-0.3, -0.25) is 9.69 Å². The van der Waals surface area contributed by atoms with Gasteiger partial charge in [0.05, 0.1) is 5.54 Å². The van der Waals surface area contributed by atoms with Crippen molar-refractivity contribution < 1.29 is 4.79 Å². The van der Waals surface area contributed by atoms with Crippen LogP contribution in [0.15, 0.2) is 12.7 Å². The summed E-state index contributed by atoms with van der Waals surface area (Å²) in [6, 6.07) is 0. The Bertz CT molecular complexity index is 223. The first-order valence-corrected chi connectivity index (χ1v) is 4.61. The Morgan fingerprint density at radius 2 is 2.15 bits per heavy atom. The fourth-order valence-corrected chi connectivity index (χ4v) is 1.73. The third-order valence-electron chi connectivity index (χ3n) is 2.72. The van der Waals surface area contributed by atoms with Crippen molar-refractivity contribution in [1.29, 1.82) is 0 Å². The summed E-state index contributed by atoms with van der Waals surface area (Å²) >= 11 is 0. The maximum absolute atomic E-state index is 11.8. The summed E-state index contributed by atoms with van der Waals surface area (Å²) in [5.74, 6) is 0.195. The molecule has 1 fully saturated rings. The summed E-state index contributed by atoms with van der Waals surface area (Å²) in [5, 5.41) is 0. The van der Waals surface area contributed by atoms with E-state index in [-0.39, 0.29) is 11.4 Å². The Balaban J connectivity index is 2.79. The number of rotatable bonds is 2. The van der Waals surface area contributed by atoms with Crippen molar-refractivity contribution in [3.63, 3.8) is 0 Å². The lowest BCUT2D eigenvalue weighted by molar-refractivity contribution is -0.146. The van der Waals surface area contributed by atoms with Crippen LogP contribution < -0.4 is 0 Å². The van der Waals surface area contributed by atoms with Crippen molar-refractivity contribution in [2.24, 2.45) is 0 Å². The van der Waals surface area contributed by atoms with E-state index >= 15 is 0 Å². The monoisotopic (exact) mass is 182 g/mol. The van der Waals surface area contributed by atoms with Gasteiger partial charge in [0, 0.05) is 26.7 Å². The summed E-state index contributed by atoms with van der Waals surface area (Å²) in [5.41, 5.74) is -0.374. The quantitative estimate of drug-likeness (QED) is 0.588. The molecule has 0 spiro atoms. The Morgan fingerprint density at radius 1 is 1.54 bits per heavy atom. The van der Waals surface area contributed by atoms with Gasteiger partial charge in [0.25, 0.3) is 0 Å². The zero-order valence-electron chi connectivity index (χ0n) is 8.71. The predicted molar refractivity (Wildman–Crippen MR) is 53.5 cm³/mol. The van der Waals surface area contributed by atoms with Crippen LogP contribution in [0.3, 0.4) is 0 Å². The van der Waals surface area contributed by atoms with Crippen molar-refractivity contribution >= 4 is 5.91 Å². The average molecular weight is 182 g/mol. The molecule has 0 aromatic heterocycles. The summed E-state index contributed by atoms with van der Waals surface area (Å²) in [6.07, 6.45) is 1.85. The van der Waals surface area contributed by atoms with E-state index in [2.05, 4.69) is 11.5 Å². The van der Waals surface area contributed by atoms with Crippen LogP contribution in [0, 0.1) is 0 Å². The molecule has 3 nitrogen and oxygen atoms in total. The van der Waals surface area contributed by atoms with Crippen molar-refractivity contribution in [2.45, 2.75) is 19.4 Å². The Morgan fingerprint density at radius 3 is 2.69 bits per heavy atom. The fourth-order valence-electron chi connectivity index (χ4n) is 1.73. The minimum atomic E-state index is -0.374. The van der Waals surface area contributed by atoms with Gasteiger partial charge in [0.15, 0.2) is 0 Å². The van der Waals surface area contributed by atoms with E-state index in [0.717, 1.165) is 19.6 Å². The lowest BCUT2D eigenvalue weighted by Gasteiger charge is -2.44. The molecule has 1 aliphatic rings. The largest absolute Gasteiger partial charge is 0.343 e. The van der Waals surface area contributed by atoms with Crippen LogP contribution in [-0.4, -0.2) is 47.9 Å². The molecule has 0 bridgehead atoms. The van der Waals surface area contributed by atoms with Crippen LogP contribution in [0.1, 0.15) is 13.8 Å². The van der Waals surface area contributed by atoms with Crippen LogP contribution in [0.5, 0.6) is 0 Å². The number of hydrogen-bond donors (Lipinski definition) is 0. The molecule has 0 N–H and O–H groups in total. The molecule has 74 valence electrons. The van der Waals surface area contributed by atoms with Crippen molar-refractivity contribution in [2.75, 3.05) is 26.7 Å². The first-order chi connectivity index (χ1) is 6.00. The molecule has 0 atom stereocenters. The van der Waals surface area contributed by atoms with Crippen LogP contribution in [0.25, 0.3) is 0 Å². The lowest BCUT2D eigenvalue weighted by Crippen LogP contribution is -2.61. The minimum absolute atomic E-state index is 0.195. The van der Waals surface area contributed by atoms with Gasteiger partial charge in [-0.2, -0.15) is 0 Å². The van der Waals surface area contributed by atoms with Gasteiger partial charge in [0.1, 0.15) is 0 Å². The van der Waals surface area contributed by atoms with Gasteiger partial charge in [0.2, 0.25) is 5.91 Å². The van der Waals surface area contributed by atoms with Gasteiger partial charge >= 0.3 is 0 Å². The smallest absolute Gasteiger partial charge is 0.242 e. The Kier molecular flexibility index (Phi) is 2.76. The third kappa shape index (κ3) is 1.75. The van der Waals surface area contributed by atoms with Crippen molar-refractivity contribution in [1.82, 2.24) is 9.80 Å². The molecule has 0 radical (unpaired) electrons. The number of carbonyl (C=O) groups is 1. The molecule has 1 heterocycles. The first kappa shape index (κ1) is 10.3. The molecule has 0 unspecified atom stereocenters. The first-order valence-electron chi connectivity index (χ1n) is 4.61. The molecule has 0 aliphatic carbocycles. The van der Waals surface area contributed by atoms with Gasteiger partial charge in [-0.15, -0.1) is 6.58 Å². The van der Waals surface area contributed by atoms with Crippen LogP contribution in [-0.2, 0) is 4.79 Å². The molecule has 1 aliphatic heterocycles. The van der Waals surface area contributed by atoms with E-state index in [4.69, 9.17) is 0 Å². The van der Waals surface area contributed by atoms with E-state index in [1.54, 1.807) is 4.90 Å². The van der Waals surface area contributed by atoms with Gasteiger partial charge < -0.3 is 4.90 Å². The zero-order valence-corrected chi connectivity index (χ0v) is 8.71. The fraction of sp³-hybridized carbons (Fsp3) is 0.700. The highest BCUT2D eigenvalue weighted by Gasteiger charge is 2.39. The molecule has 13 heavy (non-hydrogen) atoms. The van der Waals surface area contributed by atoms with E-state index in [1.165, 1.54) is 0 Å². The molecule has 1 rings (SSSR count). The highest BCUT2D eigenvalue weighted by Crippen LogP contribution is 2.20. The average Bonchev–Trinajstić information content (AvgIpc) is 2.07. The number of likely N-dealkylation sites (N-methyl/N-ethyl adjacent to an activating group) is 1. The van der Waals surface area contributed by atoms with Crippen molar-refractivity contribution in [3.8, 4) is 0 Å². The highest BCUT2D eigenvalue weighted by atomic mass is 16.2. The lowest BCUT2D eigenvalue weighted by atomic mass is 9.98. The van der Waals surface area contributed by atoms with E-state index < -0.39 is 0 Å². The number of carbonyl (C=O) groups excluding carboxylic acids is 1. The molecule has 3 heteroatoms. The SMILES string of the molecule is C=CCN1CCN(C)C(=O)C1(C)C. The predicted octanol–water partition coefficient (Wildman–Crippen LogP) is 0.725. The molecule has 0 aromatic rings. The Labute approximate surface area is 80.0 Å². The van der Waals surface area contributed by atoms with Gasteiger partial charge in [-0.1, -0.05) is 6.08 Å². The van der Waals surface area contributed by atoms with Crippen LogP contribution >= 0.6 is 0 Å². The minimum Gasteiger partial charge on any atom is -0.343 e.